The van der Waals surface area contributed by atoms with Crippen LogP contribution >= 0.6 is 22.9 Å². The fourth-order valence-corrected chi connectivity index (χ4v) is 7.23. The molecule has 0 bridgehead atoms. The maximum absolute atomic E-state index is 13.9. The Labute approximate surface area is 271 Å². The maximum Gasteiger partial charge on any atom is 0.333 e. The van der Waals surface area contributed by atoms with Crippen LogP contribution < -0.4 is 16.2 Å². The fourth-order valence-electron chi connectivity index (χ4n) is 5.68. The lowest BCUT2D eigenvalue weighted by molar-refractivity contribution is -0.153. The van der Waals surface area contributed by atoms with Crippen LogP contribution in [0.25, 0.3) is 0 Å². The Balaban J connectivity index is 1.35. The third-order valence-corrected chi connectivity index (χ3v) is 9.91. The zero-order valence-electron chi connectivity index (χ0n) is 25.1. The molecule has 0 amide bonds. The summed E-state index contributed by atoms with van der Waals surface area (Å²) < 4.78 is 39.7. The minimum atomic E-state index is -4.21. The van der Waals surface area contributed by atoms with Crippen molar-refractivity contribution in [2.24, 2.45) is 22.7 Å². The molecule has 15 heteroatoms. The number of nitrogens with zero attached hydrogens (tertiary/aromatic N) is 2. The number of aryl methyl sites for hydroxylation is 1. The summed E-state index contributed by atoms with van der Waals surface area (Å²) in [4.78, 5) is 36.4. The molecule has 12 nitrogen and oxygen atoms in total. The van der Waals surface area contributed by atoms with Gasteiger partial charge in [-0.15, -0.1) is 11.3 Å². The maximum atomic E-state index is 13.9. The van der Waals surface area contributed by atoms with Crippen molar-refractivity contribution in [3.05, 3.63) is 73.8 Å². The number of thiophene rings is 1. The Bertz CT molecular complexity index is 1680. The van der Waals surface area contributed by atoms with Crippen molar-refractivity contribution in [3.63, 3.8) is 0 Å². The highest BCUT2D eigenvalue weighted by Crippen LogP contribution is 2.39. The van der Waals surface area contributed by atoms with Gasteiger partial charge in [-0.05, 0) is 60.6 Å². The van der Waals surface area contributed by atoms with Crippen LogP contribution in [0.1, 0.15) is 69.6 Å². The molecule has 5 N–H and O–H groups in total. The van der Waals surface area contributed by atoms with Gasteiger partial charge in [0, 0.05) is 34.5 Å². The van der Waals surface area contributed by atoms with E-state index >= 15 is 0 Å². The monoisotopic (exact) mass is 677 g/mol. The molecule has 1 aromatic carbocycles. The highest BCUT2D eigenvalue weighted by molar-refractivity contribution is 7.84. The first-order chi connectivity index (χ1) is 21.3. The highest BCUT2D eigenvalue weighted by Gasteiger charge is 2.39. The van der Waals surface area contributed by atoms with Crippen LogP contribution in [-0.4, -0.2) is 61.5 Å². The fraction of sp³-hybridized carbons (Fsp3) is 0.467. The molecule has 1 fully saturated rings. The summed E-state index contributed by atoms with van der Waals surface area (Å²) >= 11 is 7.66. The van der Waals surface area contributed by atoms with Crippen molar-refractivity contribution in [1.29, 1.82) is 0 Å². The predicted molar refractivity (Wildman–Crippen MR) is 169 cm³/mol. The van der Waals surface area contributed by atoms with Crippen LogP contribution in [0.5, 0.6) is 0 Å². The molecule has 1 aliphatic carbocycles. The second-order valence-electron chi connectivity index (χ2n) is 11.7. The van der Waals surface area contributed by atoms with Gasteiger partial charge in [0.1, 0.15) is 30.4 Å². The molecule has 2 aliphatic rings. The van der Waals surface area contributed by atoms with Gasteiger partial charge in [0.15, 0.2) is 0 Å². The first-order valence-electron chi connectivity index (χ1n) is 14.6. The first-order valence-corrected chi connectivity index (χ1v) is 17.2. The van der Waals surface area contributed by atoms with Crippen LogP contribution in [0, 0.1) is 18.8 Å². The molecule has 3 heterocycles. The normalized spacial score (nSPS) is 22.2. The zero-order chi connectivity index (χ0) is 32.5. The third kappa shape index (κ3) is 7.88. The molecule has 1 unspecified atom stereocenters. The van der Waals surface area contributed by atoms with E-state index in [1.807, 2.05) is 31.2 Å². The number of esters is 1. The lowest BCUT2D eigenvalue weighted by Crippen LogP contribution is -2.40. The van der Waals surface area contributed by atoms with Crippen molar-refractivity contribution in [3.8, 4) is 0 Å². The predicted octanol–water partition coefficient (Wildman–Crippen LogP) is 3.70. The number of anilines is 1. The Morgan fingerprint density at radius 1 is 1.22 bits per heavy atom. The number of carbonyl (C=O) groups excluding carboxylic acids is 2. The summed E-state index contributed by atoms with van der Waals surface area (Å²) in [6, 6.07) is 6.46. The van der Waals surface area contributed by atoms with Gasteiger partial charge >= 0.3 is 16.3 Å². The summed E-state index contributed by atoms with van der Waals surface area (Å²) in [5, 5.41) is 8.95. The van der Waals surface area contributed by atoms with E-state index in [0.717, 1.165) is 28.0 Å². The van der Waals surface area contributed by atoms with Gasteiger partial charge in [-0.1, -0.05) is 31.5 Å². The number of benzene rings is 1. The number of ketones is 1. The number of rotatable bonds is 11. The van der Waals surface area contributed by atoms with Gasteiger partial charge in [0.2, 0.25) is 5.78 Å². The molecule has 242 valence electrons. The topological polar surface area (TPSA) is 186 Å². The largest absolute Gasteiger partial charge is 0.461 e. The van der Waals surface area contributed by atoms with Gasteiger partial charge in [-0.3, -0.25) is 13.8 Å². The Morgan fingerprint density at radius 3 is 2.73 bits per heavy atom. The number of nitrogens with two attached hydrogens (primary N) is 2. The second-order valence-corrected chi connectivity index (χ2v) is 14.6. The van der Waals surface area contributed by atoms with E-state index in [0.29, 0.717) is 35.2 Å². The van der Waals surface area contributed by atoms with Crippen LogP contribution in [0.3, 0.4) is 0 Å². The van der Waals surface area contributed by atoms with Crippen molar-refractivity contribution in [2.45, 2.75) is 64.3 Å². The van der Waals surface area contributed by atoms with Gasteiger partial charge in [-0.25, -0.2) is 15.1 Å². The molecule has 0 radical (unpaired) electrons. The van der Waals surface area contributed by atoms with Crippen molar-refractivity contribution in [2.75, 3.05) is 18.5 Å². The molecular formula is C30H36ClN5O7S2. The summed E-state index contributed by atoms with van der Waals surface area (Å²) in [6.07, 6.45) is 3.19. The van der Waals surface area contributed by atoms with Gasteiger partial charge < -0.3 is 20.5 Å². The van der Waals surface area contributed by atoms with Crippen molar-refractivity contribution in [1.82, 2.24) is 9.97 Å². The number of halogens is 1. The van der Waals surface area contributed by atoms with E-state index in [9.17, 15) is 18.0 Å². The Morgan fingerprint density at radius 2 is 2.00 bits per heavy atom. The van der Waals surface area contributed by atoms with Crippen LogP contribution in [-0.2, 0) is 35.2 Å². The smallest absolute Gasteiger partial charge is 0.333 e. The summed E-state index contributed by atoms with van der Waals surface area (Å²) in [5.74, 6) is -1.21. The molecule has 45 heavy (non-hydrogen) atoms. The SMILES string of the molecule is Cc1sc(C(=O)c2cncnc2N[C@@H]2C[C@H](COS(N)(=O)=O)[C@@H](OC(=O)C(N)C(C)C)C2)cc1[C@@H]1OCCc2ccc(Cl)cc21. The Kier molecular flexibility index (Phi) is 10.2. The van der Waals surface area contributed by atoms with Crippen LogP contribution in [0.15, 0.2) is 36.8 Å². The molecule has 0 saturated heterocycles. The van der Waals surface area contributed by atoms with Gasteiger partial charge in [0.05, 0.1) is 23.7 Å². The lowest BCUT2D eigenvalue weighted by atomic mass is 9.93. The first kappa shape index (κ1) is 33.4. The number of ether oxygens (including phenoxy) is 2. The van der Waals surface area contributed by atoms with E-state index in [2.05, 4.69) is 15.3 Å². The van der Waals surface area contributed by atoms with Crippen molar-refractivity contribution >= 4 is 50.8 Å². The van der Waals surface area contributed by atoms with Crippen LogP contribution in [0.4, 0.5) is 5.82 Å². The minimum Gasteiger partial charge on any atom is -0.461 e. The average molecular weight is 678 g/mol. The Hall–Kier alpha value is -2.98. The molecule has 3 aromatic rings. The molecule has 5 atom stereocenters. The van der Waals surface area contributed by atoms with E-state index in [4.69, 9.17) is 36.1 Å². The summed E-state index contributed by atoms with van der Waals surface area (Å²) in [7, 11) is -4.21. The minimum absolute atomic E-state index is 0.153. The van der Waals surface area contributed by atoms with Gasteiger partial charge in [0.25, 0.3) is 0 Å². The molecule has 0 spiro atoms. The third-order valence-electron chi connectivity index (χ3n) is 8.14. The van der Waals surface area contributed by atoms with Crippen molar-refractivity contribution < 1.29 is 31.7 Å². The second kappa shape index (κ2) is 13.8. The molecular weight excluding hydrogens is 642 g/mol. The molecule has 2 aromatic heterocycles. The number of carbonyl (C=O) groups is 2. The number of aromatic nitrogens is 2. The number of nitrogens with one attached hydrogen (secondary N) is 1. The highest BCUT2D eigenvalue weighted by atomic mass is 35.5. The zero-order valence-corrected chi connectivity index (χ0v) is 27.5. The summed E-state index contributed by atoms with van der Waals surface area (Å²) in [5.41, 5.74) is 9.29. The molecule has 1 saturated carbocycles. The van der Waals surface area contributed by atoms with E-state index in [1.165, 1.54) is 23.9 Å². The van der Waals surface area contributed by atoms with E-state index in [-0.39, 0.29) is 36.0 Å². The molecule has 1 aliphatic heterocycles. The summed E-state index contributed by atoms with van der Waals surface area (Å²) in [6.45, 7) is 5.83. The van der Waals surface area contributed by atoms with E-state index < -0.39 is 34.3 Å². The lowest BCUT2D eigenvalue weighted by Gasteiger charge is -2.26. The van der Waals surface area contributed by atoms with Crippen LogP contribution in [0.2, 0.25) is 5.02 Å². The van der Waals surface area contributed by atoms with E-state index in [1.54, 1.807) is 13.8 Å². The standard InChI is InChI=1S/C30H36ClN5O7S2/c1-15(2)26(32)30(38)43-24-10-20(8-18(24)13-42-45(33,39)40)36-29-23(12-34-14-35-29)27(37)25-11-21(16(3)44-25)28-22-9-19(31)5-4-17(22)6-7-41-28/h4-5,9,11-12,14-15,18,20,24,26,28H,6-8,10,13,32H2,1-3H3,(H2,33,39,40)(H,34,35,36)/t18-,20-,24+,26?,28+/m1/s1. The number of fused-ring (bicyclic) bond motifs is 1. The number of hydrogen-bond donors (Lipinski definition) is 3. The number of hydrogen-bond acceptors (Lipinski definition) is 12. The molecule has 5 rings (SSSR count). The quantitative estimate of drug-likeness (QED) is 0.198. The van der Waals surface area contributed by atoms with Gasteiger partial charge in [-0.2, -0.15) is 8.42 Å². The average Bonchev–Trinajstić information content (AvgIpc) is 3.57.